The molecule has 1 heterocycles. The highest BCUT2D eigenvalue weighted by Crippen LogP contribution is 2.26. The first-order valence-electron chi connectivity index (χ1n) is 7.04. The van der Waals surface area contributed by atoms with Gasteiger partial charge < -0.3 is 15.2 Å². The molecule has 4 heteroatoms. The van der Waals surface area contributed by atoms with Crippen LogP contribution in [0.2, 0.25) is 0 Å². The van der Waals surface area contributed by atoms with Gasteiger partial charge in [-0.25, -0.2) is 0 Å². The second-order valence-electron chi connectivity index (χ2n) is 5.86. The third-order valence-electron chi connectivity index (χ3n) is 4.37. The summed E-state index contributed by atoms with van der Waals surface area (Å²) in [7, 11) is 3.92. The summed E-state index contributed by atoms with van der Waals surface area (Å²) in [6, 6.07) is 0. The molecule has 0 aromatic rings. The number of hydrogen-bond acceptors (Lipinski definition) is 4. The predicted octanol–water partition coefficient (Wildman–Crippen LogP) is 1.34. The van der Waals surface area contributed by atoms with Gasteiger partial charge in [0, 0.05) is 26.8 Å². The summed E-state index contributed by atoms with van der Waals surface area (Å²) in [4.78, 5) is 2.39. The van der Waals surface area contributed by atoms with E-state index in [9.17, 15) is 0 Å². The number of hydrogen-bond donors (Lipinski definition) is 1. The first-order chi connectivity index (χ1) is 8.56. The van der Waals surface area contributed by atoms with Crippen molar-refractivity contribution in [2.45, 2.75) is 32.2 Å². The zero-order valence-corrected chi connectivity index (χ0v) is 12.4. The molecular formula is C14H30N2O2. The van der Waals surface area contributed by atoms with Crippen molar-refractivity contribution in [2.75, 3.05) is 47.1 Å². The summed E-state index contributed by atoms with van der Waals surface area (Å²) in [5, 5.41) is 0. The number of rotatable bonds is 7. The minimum Gasteiger partial charge on any atom is -0.383 e. The Morgan fingerprint density at radius 3 is 2.67 bits per heavy atom. The summed E-state index contributed by atoms with van der Waals surface area (Å²) < 4.78 is 11.0. The molecule has 108 valence electrons. The van der Waals surface area contributed by atoms with E-state index in [2.05, 4.69) is 25.8 Å². The van der Waals surface area contributed by atoms with Crippen molar-refractivity contribution in [1.29, 1.82) is 0 Å². The molecule has 2 atom stereocenters. The Morgan fingerprint density at radius 2 is 2.22 bits per heavy atom. The van der Waals surface area contributed by atoms with E-state index >= 15 is 0 Å². The van der Waals surface area contributed by atoms with Crippen molar-refractivity contribution in [3.63, 3.8) is 0 Å². The quantitative estimate of drug-likeness (QED) is 0.749. The zero-order valence-electron chi connectivity index (χ0n) is 12.4. The summed E-state index contributed by atoms with van der Waals surface area (Å²) in [5.74, 6) is 1.10. The summed E-state index contributed by atoms with van der Waals surface area (Å²) in [6.07, 6.45) is 2.44. The SMILES string of the molecule is COCC(CN)(C(C)C)N(C)CC1CCCOC1. The van der Waals surface area contributed by atoms with Crippen LogP contribution < -0.4 is 5.73 Å². The summed E-state index contributed by atoms with van der Waals surface area (Å²) in [5.41, 5.74) is 5.98. The van der Waals surface area contributed by atoms with E-state index < -0.39 is 0 Å². The molecule has 0 bridgehead atoms. The van der Waals surface area contributed by atoms with Gasteiger partial charge in [-0.15, -0.1) is 0 Å². The van der Waals surface area contributed by atoms with Crippen LogP contribution in [0.4, 0.5) is 0 Å². The molecule has 0 aliphatic carbocycles. The highest BCUT2D eigenvalue weighted by Gasteiger charge is 2.37. The lowest BCUT2D eigenvalue weighted by Crippen LogP contribution is -2.60. The second-order valence-corrected chi connectivity index (χ2v) is 5.86. The highest BCUT2D eigenvalue weighted by atomic mass is 16.5. The van der Waals surface area contributed by atoms with Crippen molar-refractivity contribution in [3.05, 3.63) is 0 Å². The Hall–Kier alpha value is -0.160. The standard InChI is InChI=1S/C14H30N2O2/c1-12(2)14(10-15,11-17-4)16(3)8-13-6-5-7-18-9-13/h12-13H,5-11,15H2,1-4H3. The minimum atomic E-state index is -0.0633. The highest BCUT2D eigenvalue weighted by molar-refractivity contribution is 4.94. The van der Waals surface area contributed by atoms with Gasteiger partial charge in [0.15, 0.2) is 0 Å². The molecule has 0 spiro atoms. The Balaban J connectivity index is 2.65. The molecule has 18 heavy (non-hydrogen) atoms. The summed E-state index contributed by atoms with van der Waals surface area (Å²) >= 11 is 0. The van der Waals surface area contributed by atoms with Gasteiger partial charge >= 0.3 is 0 Å². The van der Waals surface area contributed by atoms with Crippen LogP contribution in [0.5, 0.6) is 0 Å². The van der Waals surface area contributed by atoms with Crippen LogP contribution in [0.15, 0.2) is 0 Å². The Bertz CT molecular complexity index is 230. The average Bonchev–Trinajstić information content (AvgIpc) is 2.36. The maximum Gasteiger partial charge on any atom is 0.0661 e. The van der Waals surface area contributed by atoms with Gasteiger partial charge in [0.05, 0.1) is 18.8 Å². The van der Waals surface area contributed by atoms with Gasteiger partial charge in [0.1, 0.15) is 0 Å². The average molecular weight is 258 g/mol. The van der Waals surface area contributed by atoms with Crippen LogP contribution in [0, 0.1) is 11.8 Å². The largest absolute Gasteiger partial charge is 0.383 e. The molecular weight excluding hydrogens is 228 g/mol. The van der Waals surface area contributed by atoms with Crippen LogP contribution in [0.3, 0.4) is 0 Å². The number of nitrogens with two attached hydrogens (primary N) is 1. The first kappa shape index (κ1) is 15.9. The second kappa shape index (κ2) is 7.43. The van der Waals surface area contributed by atoms with Crippen molar-refractivity contribution in [3.8, 4) is 0 Å². The predicted molar refractivity (Wildman–Crippen MR) is 74.7 cm³/mol. The van der Waals surface area contributed by atoms with Gasteiger partial charge in [-0.3, -0.25) is 4.90 Å². The molecule has 0 aromatic carbocycles. The zero-order chi connectivity index (χ0) is 13.6. The fourth-order valence-corrected chi connectivity index (χ4v) is 2.94. The van der Waals surface area contributed by atoms with E-state index in [0.717, 1.165) is 19.8 Å². The Morgan fingerprint density at radius 1 is 1.50 bits per heavy atom. The van der Waals surface area contributed by atoms with Gasteiger partial charge in [0.2, 0.25) is 0 Å². The molecule has 2 N–H and O–H groups in total. The molecule has 2 unspecified atom stereocenters. The number of methoxy groups -OCH3 is 1. The maximum absolute atomic E-state index is 6.05. The maximum atomic E-state index is 6.05. The number of ether oxygens (including phenoxy) is 2. The van der Waals surface area contributed by atoms with E-state index in [-0.39, 0.29) is 5.54 Å². The molecule has 1 fully saturated rings. The van der Waals surface area contributed by atoms with Crippen LogP contribution in [0.1, 0.15) is 26.7 Å². The molecule has 1 aliphatic heterocycles. The van der Waals surface area contributed by atoms with E-state index in [1.807, 2.05) is 0 Å². The van der Waals surface area contributed by atoms with Crippen LogP contribution >= 0.6 is 0 Å². The molecule has 4 nitrogen and oxygen atoms in total. The third-order valence-corrected chi connectivity index (χ3v) is 4.37. The molecule has 0 amide bonds. The van der Waals surface area contributed by atoms with E-state index in [1.54, 1.807) is 7.11 Å². The lowest BCUT2D eigenvalue weighted by molar-refractivity contribution is -0.0277. The molecule has 1 aliphatic rings. The smallest absolute Gasteiger partial charge is 0.0661 e. The van der Waals surface area contributed by atoms with Gasteiger partial charge in [-0.1, -0.05) is 13.8 Å². The van der Waals surface area contributed by atoms with Crippen LogP contribution in [-0.2, 0) is 9.47 Å². The van der Waals surface area contributed by atoms with Crippen LogP contribution in [0.25, 0.3) is 0 Å². The first-order valence-corrected chi connectivity index (χ1v) is 7.04. The minimum absolute atomic E-state index is 0.0633. The van der Waals surface area contributed by atoms with E-state index in [4.69, 9.17) is 15.2 Å². The Kier molecular flexibility index (Phi) is 6.57. The Labute approximate surface area is 112 Å². The normalized spacial score (nSPS) is 24.5. The van der Waals surface area contributed by atoms with Crippen molar-refractivity contribution < 1.29 is 9.47 Å². The van der Waals surface area contributed by atoms with Crippen LogP contribution in [-0.4, -0.2) is 57.5 Å². The van der Waals surface area contributed by atoms with Crippen molar-refractivity contribution in [1.82, 2.24) is 4.90 Å². The lowest BCUT2D eigenvalue weighted by Gasteiger charge is -2.45. The lowest BCUT2D eigenvalue weighted by atomic mass is 9.84. The molecule has 0 saturated carbocycles. The number of likely N-dealkylation sites (N-methyl/N-ethyl adjacent to an activating group) is 1. The van der Waals surface area contributed by atoms with E-state index in [1.165, 1.54) is 12.8 Å². The van der Waals surface area contributed by atoms with Gasteiger partial charge in [-0.2, -0.15) is 0 Å². The fourth-order valence-electron chi connectivity index (χ4n) is 2.94. The molecule has 0 aromatic heterocycles. The van der Waals surface area contributed by atoms with Crippen molar-refractivity contribution >= 4 is 0 Å². The monoisotopic (exact) mass is 258 g/mol. The fraction of sp³-hybridized carbons (Fsp3) is 1.00. The molecule has 1 saturated heterocycles. The number of nitrogens with zero attached hydrogens (tertiary/aromatic N) is 1. The van der Waals surface area contributed by atoms with Gasteiger partial charge in [0.25, 0.3) is 0 Å². The molecule has 1 rings (SSSR count). The van der Waals surface area contributed by atoms with Crippen molar-refractivity contribution in [2.24, 2.45) is 17.6 Å². The van der Waals surface area contributed by atoms with E-state index in [0.29, 0.717) is 25.0 Å². The topological polar surface area (TPSA) is 47.7 Å². The summed E-state index contributed by atoms with van der Waals surface area (Å²) in [6.45, 7) is 8.60. The third kappa shape index (κ3) is 3.67. The molecule has 0 radical (unpaired) electrons. The van der Waals surface area contributed by atoms with Gasteiger partial charge in [-0.05, 0) is 31.7 Å².